The van der Waals surface area contributed by atoms with Crippen LogP contribution in [0.3, 0.4) is 0 Å². The number of carbonyl (C=O) groups excluding carboxylic acids is 1. The average Bonchev–Trinajstić information content (AvgIpc) is 2.45. The minimum absolute atomic E-state index is 0.304. The van der Waals surface area contributed by atoms with Crippen molar-refractivity contribution in [2.45, 2.75) is 0 Å². The van der Waals surface area contributed by atoms with Crippen LogP contribution in [0.1, 0.15) is 15.9 Å². The highest BCUT2D eigenvalue weighted by Gasteiger charge is 2.18. The van der Waals surface area contributed by atoms with E-state index in [1.165, 1.54) is 24.3 Å². The highest BCUT2D eigenvalue weighted by molar-refractivity contribution is 6.04. The van der Waals surface area contributed by atoms with Crippen LogP contribution < -0.4 is 5.32 Å². The summed E-state index contributed by atoms with van der Waals surface area (Å²) >= 11 is 0. The summed E-state index contributed by atoms with van der Waals surface area (Å²) in [5.41, 5.74) is 0.0911. The number of nitrogens with zero attached hydrogens (tertiary/aromatic N) is 1. The van der Waals surface area contributed by atoms with Crippen molar-refractivity contribution in [1.82, 2.24) is 0 Å². The Morgan fingerprint density at radius 3 is 2.25 bits per heavy atom. The minimum Gasteiger partial charge on any atom is -0.322 e. The molecule has 1 N–H and O–H groups in total. The van der Waals surface area contributed by atoms with Gasteiger partial charge < -0.3 is 5.32 Å². The smallest absolute Gasteiger partial charge is 0.258 e. The van der Waals surface area contributed by atoms with Gasteiger partial charge in [0.2, 0.25) is 0 Å². The number of hydrogen-bond acceptors (Lipinski definition) is 2. The van der Waals surface area contributed by atoms with Crippen molar-refractivity contribution in [2.24, 2.45) is 0 Å². The van der Waals surface area contributed by atoms with E-state index in [2.05, 4.69) is 5.32 Å². The Hall–Kier alpha value is -2.81. The molecule has 0 saturated carbocycles. The van der Waals surface area contributed by atoms with Crippen LogP contribution in [-0.4, -0.2) is 5.91 Å². The van der Waals surface area contributed by atoms with Crippen LogP contribution in [0.2, 0.25) is 0 Å². The molecular weight excluding hydrogens is 269 g/mol. The van der Waals surface area contributed by atoms with Gasteiger partial charge >= 0.3 is 0 Å². The zero-order valence-electron chi connectivity index (χ0n) is 9.95. The van der Waals surface area contributed by atoms with Gasteiger partial charge in [-0.05, 0) is 36.4 Å². The van der Waals surface area contributed by atoms with Gasteiger partial charge in [-0.3, -0.25) is 4.79 Å². The molecule has 2 aromatic carbocycles. The SMILES string of the molecule is N#Cc1ccc(NC(=O)c2ccc(F)c(F)c2F)cc1. The topological polar surface area (TPSA) is 52.9 Å². The first-order valence-electron chi connectivity index (χ1n) is 5.48. The van der Waals surface area contributed by atoms with Crippen molar-refractivity contribution < 1.29 is 18.0 Å². The minimum atomic E-state index is -1.70. The van der Waals surface area contributed by atoms with Gasteiger partial charge in [0.25, 0.3) is 5.91 Å². The monoisotopic (exact) mass is 276 g/mol. The quantitative estimate of drug-likeness (QED) is 0.856. The molecule has 1 amide bonds. The van der Waals surface area contributed by atoms with Gasteiger partial charge in [0, 0.05) is 5.69 Å². The number of hydrogen-bond donors (Lipinski definition) is 1. The molecule has 20 heavy (non-hydrogen) atoms. The molecular formula is C14H7F3N2O. The maximum atomic E-state index is 13.4. The second kappa shape index (κ2) is 5.45. The first-order valence-corrected chi connectivity index (χ1v) is 5.48. The largest absolute Gasteiger partial charge is 0.322 e. The Bertz CT molecular complexity index is 706. The van der Waals surface area contributed by atoms with Gasteiger partial charge in [-0.25, -0.2) is 13.2 Å². The molecule has 0 aliphatic rings. The molecule has 0 radical (unpaired) electrons. The van der Waals surface area contributed by atoms with E-state index in [0.717, 1.165) is 6.07 Å². The van der Waals surface area contributed by atoms with Gasteiger partial charge in [-0.1, -0.05) is 0 Å². The lowest BCUT2D eigenvalue weighted by atomic mass is 10.1. The van der Waals surface area contributed by atoms with E-state index in [1.807, 2.05) is 6.07 Å². The zero-order valence-corrected chi connectivity index (χ0v) is 9.95. The number of rotatable bonds is 2. The third-order valence-electron chi connectivity index (χ3n) is 2.55. The van der Waals surface area contributed by atoms with Crippen molar-refractivity contribution in [1.29, 1.82) is 5.26 Å². The van der Waals surface area contributed by atoms with Crippen molar-refractivity contribution in [3.63, 3.8) is 0 Å². The van der Waals surface area contributed by atoms with Gasteiger partial charge in [-0.15, -0.1) is 0 Å². The van der Waals surface area contributed by atoms with Gasteiger partial charge in [0.15, 0.2) is 17.5 Å². The summed E-state index contributed by atoms with van der Waals surface area (Å²) in [6, 6.07) is 9.21. The predicted molar refractivity (Wildman–Crippen MR) is 65.4 cm³/mol. The standard InChI is InChI=1S/C14H7F3N2O/c15-11-6-5-10(12(16)13(11)17)14(20)19-9-3-1-8(7-18)2-4-9/h1-6H,(H,19,20). The first-order chi connectivity index (χ1) is 9.52. The molecule has 0 aliphatic carbocycles. The third kappa shape index (κ3) is 2.62. The van der Waals surface area contributed by atoms with Crippen LogP contribution in [0.4, 0.5) is 18.9 Å². The fourth-order valence-electron chi connectivity index (χ4n) is 1.53. The highest BCUT2D eigenvalue weighted by Crippen LogP contribution is 2.17. The summed E-state index contributed by atoms with van der Waals surface area (Å²) in [5.74, 6) is -5.52. The second-order valence-corrected chi connectivity index (χ2v) is 3.87. The summed E-state index contributed by atoms with van der Waals surface area (Å²) in [6.45, 7) is 0. The number of halogens is 3. The fraction of sp³-hybridized carbons (Fsp3) is 0. The van der Waals surface area contributed by atoms with Gasteiger partial charge in [0.05, 0.1) is 17.2 Å². The summed E-state index contributed by atoms with van der Waals surface area (Å²) < 4.78 is 39.2. The average molecular weight is 276 g/mol. The number of carbonyl (C=O) groups is 1. The van der Waals surface area contributed by atoms with Crippen LogP contribution in [0.15, 0.2) is 36.4 Å². The molecule has 2 rings (SSSR count). The molecule has 0 aliphatic heterocycles. The molecule has 0 atom stereocenters. The third-order valence-corrected chi connectivity index (χ3v) is 2.55. The van der Waals surface area contributed by atoms with Crippen molar-refractivity contribution >= 4 is 11.6 Å². The van der Waals surface area contributed by atoms with Crippen molar-refractivity contribution in [2.75, 3.05) is 5.32 Å². The molecule has 6 heteroatoms. The Kier molecular flexibility index (Phi) is 3.71. The van der Waals surface area contributed by atoms with Crippen LogP contribution in [0, 0.1) is 28.8 Å². The van der Waals surface area contributed by atoms with Crippen molar-refractivity contribution in [3.8, 4) is 6.07 Å². The molecule has 0 unspecified atom stereocenters. The van der Waals surface area contributed by atoms with E-state index in [9.17, 15) is 18.0 Å². The summed E-state index contributed by atoms with van der Waals surface area (Å²) in [5, 5.41) is 10.9. The molecule has 0 heterocycles. The van der Waals surface area contributed by atoms with E-state index < -0.39 is 28.9 Å². The normalized spacial score (nSPS) is 9.90. The molecule has 100 valence electrons. The first kappa shape index (κ1) is 13.6. The van der Waals surface area contributed by atoms with E-state index in [-0.39, 0.29) is 0 Å². The Morgan fingerprint density at radius 1 is 1.00 bits per heavy atom. The number of anilines is 1. The lowest BCUT2D eigenvalue weighted by Gasteiger charge is -2.07. The Balaban J connectivity index is 2.24. The van der Waals surface area contributed by atoms with E-state index in [4.69, 9.17) is 5.26 Å². The van der Waals surface area contributed by atoms with Crippen LogP contribution >= 0.6 is 0 Å². The lowest BCUT2D eigenvalue weighted by Crippen LogP contribution is -2.15. The number of benzene rings is 2. The number of nitriles is 1. The molecule has 3 nitrogen and oxygen atoms in total. The van der Waals surface area contributed by atoms with Crippen LogP contribution in [0.25, 0.3) is 0 Å². The number of nitrogens with one attached hydrogen (secondary N) is 1. The van der Waals surface area contributed by atoms with Crippen molar-refractivity contribution in [3.05, 3.63) is 65.0 Å². The molecule has 0 saturated heterocycles. The van der Waals surface area contributed by atoms with Crippen LogP contribution in [0.5, 0.6) is 0 Å². The molecule has 0 fully saturated rings. The molecule has 0 bridgehead atoms. The van der Waals surface area contributed by atoms with E-state index in [0.29, 0.717) is 17.3 Å². The predicted octanol–water partition coefficient (Wildman–Crippen LogP) is 3.23. The molecule has 0 aromatic heterocycles. The second-order valence-electron chi connectivity index (χ2n) is 3.87. The summed E-state index contributed by atoms with van der Waals surface area (Å²) in [6.07, 6.45) is 0. The van der Waals surface area contributed by atoms with Gasteiger partial charge in [-0.2, -0.15) is 5.26 Å². The van der Waals surface area contributed by atoms with Crippen LogP contribution in [-0.2, 0) is 0 Å². The van der Waals surface area contributed by atoms with Gasteiger partial charge in [0.1, 0.15) is 0 Å². The van der Waals surface area contributed by atoms with E-state index >= 15 is 0 Å². The highest BCUT2D eigenvalue weighted by atomic mass is 19.2. The van der Waals surface area contributed by atoms with E-state index in [1.54, 1.807) is 0 Å². The molecule has 0 spiro atoms. The maximum absolute atomic E-state index is 13.4. The summed E-state index contributed by atoms with van der Waals surface area (Å²) in [4.78, 5) is 11.7. The number of amides is 1. The fourth-order valence-corrected chi connectivity index (χ4v) is 1.53. The Morgan fingerprint density at radius 2 is 1.65 bits per heavy atom. The maximum Gasteiger partial charge on any atom is 0.258 e. The lowest BCUT2D eigenvalue weighted by molar-refractivity contribution is 0.102. The Labute approximate surface area is 112 Å². The molecule has 2 aromatic rings. The zero-order chi connectivity index (χ0) is 14.7. The summed E-state index contributed by atoms with van der Waals surface area (Å²) in [7, 11) is 0.